The number of hydrogen-bond donors (Lipinski definition) is 1. The van der Waals surface area contributed by atoms with E-state index in [-0.39, 0.29) is 17.1 Å². The smallest absolute Gasteiger partial charge is 0.258 e. The van der Waals surface area contributed by atoms with E-state index in [0.29, 0.717) is 0 Å². The molecule has 0 bridgehead atoms. The number of nitro groups is 1. The van der Waals surface area contributed by atoms with Crippen molar-refractivity contribution in [3.63, 3.8) is 0 Å². The van der Waals surface area contributed by atoms with Crippen LogP contribution in [-0.2, 0) is 9.05 Å². The highest BCUT2D eigenvalue weighted by Crippen LogP contribution is 2.27. The Morgan fingerprint density at radius 1 is 1.33 bits per heavy atom. The Kier molecular flexibility index (Phi) is 3.01. The first-order valence-electron chi connectivity index (χ1n) is 4.50. The lowest BCUT2D eigenvalue weighted by Crippen LogP contribution is -1.94. The molecule has 10 heteroatoms. The second kappa shape index (κ2) is 4.35. The summed E-state index contributed by atoms with van der Waals surface area (Å²) < 4.78 is 22.0. The Bertz CT molecular complexity index is 711. The van der Waals surface area contributed by atoms with Gasteiger partial charge in [-0.1, -0.05) is 12.1 Å². The van der Waals surface area contributed by atoms with E-state index in [2.05, 4.69) is 15.2 Å². The van der Waals surface area contributed by atoms with Crippen LogP contribution in [0.4, 0.5) is 5.69 Å². The summed E-state index contributed by atoms with van der Waals surface area (Å²) in [4.78, 5) is 13.8. The van der Waals surface area contributed by atoms with Crippen LogP contribution in [0.3, 0.4) is 0 Å². The summed E-state index contributed by atoms with van der Waals surface area (Å²) >= 11 is 0. The second-order valence-electron chi connectivity index (χ2n) is 3.18. The van der Waals surface area contributed by atoms with Crippen LogP contribution >= 0.6 is 10.7 Å². The lowest BCUT2D eigenvalue weighted by Gasteiger charge is -1.96. The normalized spacial score (nSPS) is 11.4. The van der Waals surface area contributed by atoms with Gasteiger partial charge in [-0.05, 0) is 6.07 Å². The molecule has 0 unspecified atom stereocenters. The van der Waals surface area contributed by atoms with Crippen LogP contribution in [-0.4, -0.2) is 28.5 Å². The Hall–Kier alpha value is -2.00. The molecule has 0 spiro atoms. The van der Waals surface area contributed by atoms with Crippen molar-refractivity contribution in [2.24, 2.45) is 0 Å². The molecule has 18 heavy (non-hydrogen) atoms. The zero-order chi connectivity index (χ0) is 13.3. The van der Waals surface area contributed by atoms with Crippen molar-refractivity contribution in [1.29, 1.82) is 0 Å². The zero-order valence-corrected chi connectivity index (χ0v) is 10.1. The van der Waals surface area contributed by atoms with Crippen LogP contribution in [0.15, 0.2) is 29.4 Å². The lowest BCUT2D eigenvalue weighted by atomic mass is 10.2. The van der Waals surface area contributed by atoms with Gasteiger partial charge in [-0.15, -0.1) is 0 Å². The molecule has 1 aromatic carbocycles. The van der Waals surface area contributed by atoms with Crippen LogP contribution in [0.25, 0.3) is 11.4 Å². The van der Waals surface area contributed by atoms with E-state index in [1.807, 2.05) is 0 Å². The molecule has 0 atom stereocenters. The van der Waals surface area contributed by atoms with Gasteiger partial charge in [0.25, 0.3) is 19.9 Å². The average molecular weight is 289 g/mol. The third-order valence-corrected chi connectivity index (χ3v) is 3.12. The molecule has 0 aliphatic carbocycles. The molecule has 1 heterocycles. The van der Waals surface area contributed by atoms with Crippen molar-refractivity contribution < 1.29 is 13.3 Å². The molecular formula is C8H5ClN4O4S. The molecule has 0 radical (unpaired) electrons. The number of halogens is 1. The van der Waals surface area contributed by atoms with E-state index in [1.165, 1.54) is 18.2 Å². The van der Waals surface area contributed by atoms with Gasteiger partial charge in [0.15, 0.2) is 5.82 Å². The molecular weight excluding hydrogens is 284 g/mol. The quantitative estimate of drug-likeness (QED) is 0.516. The third-order valence-electron chi connectivity index (χ3n) is 2.04. The maximum Gasteiger partial charge on any atom is 0.296 e. The Balaban J connectivity index is 2.57. The highest BCUT2D eigenvalue weighted by atomic mass is 35.7. The molecule has 2 aromatic rings. The van der Waals surface area contributed by atoms with E-state index in [4.69, 9.17) is 10.7 Å². The predicted molar refractivity (Wildman–Crippen MR) is 61.5 cm³/mol. The summed E-state index contributed by atoms with van der Waals surface area (Å²) in [6.07, 6.45) is 0. The Morgan fingerprint density at radius 2 is 2.00 bits per heavy atom. The SMILES string of the molecule is O=[N+]([O-])c1ccccc1-c1n[nH]c(S(=O)(=O)Cl)n1. The molecule has 0 aliphatic heterocycles. The summed E-state index contributed by atoms with van der Waals surface area (Å²) in [6, 6.07) is 5.70. The standard InChI is InChI=1S/C8H5ClN4O4S/c9-18(16,17)8-10-7(11-12-8)5-3-1-2-4-6(5)13(14)15/h1-4H,(H,10,11,12). The molecule has 8 nitrogen and oxygen atoms in total. The number of hydrogen-bond acceptors (Lipinski definition) is 6. The summed E-state index contributed by atoms with van der Waals surface area (Å²) in [7, 11) is 1.02. The first kappa shape index (κ1) is 12.5. The van der Waals surface area contributed by atoms with Gasteiger partial charge in [-0.25, -0.2) is 13.5 Å². The molecule has 1 N–H and O–H groups in total. The van der Waals surface area contributed by atoms with Gasteiger partial charge in [-0.2, -0.15) is 10.1 Å². The Labute approximate surface area is 105 Å². The van der Waals surface area contributed by atoms with E-state index in [9.17, 15) is 18.5 Å². The average Bonchev–Trinajstić information content (AvgIpc) is 2.77. The summed E-state index contributed by atoms with van der Waals surface area (Å²) in [5.74, 6) is -0.110. The van der Waals surface area contributed by atoms with Crippen LogP contribution in [0.5, 0.6) is 0 Å². The number of para-hydroxylation sites is 1. The maximum absolute atomic E-state index is 11.0. The van der Waals surface area contributed by atoms with Crippen molar-refractivity contribution in [2.45, 2.75) is 5.16 Å². The summed E-state index contributed by atoms with van der Waals surface area (Å²) in [5, 5.41) is 15.9. The van der Waals surface area contributed by atoms with Crippen LogP contribution in [0.2, 0.25) is 0 Å². The molecule has 0 fully saturated rings. The first-order chi connectivity index (χ1) is 8.39. The molecule has 94 valence electrons. The number of rotatable bonds is 3. The third kappa shape index (κ3) is 2.31. The van der Waals surface area contributed by atoms with Gasteiger partial charge >= 0.3 is 0 Å². The highest BCUT2D eigenvalue weighted by Gasteiger charge is 2.21. The van der Waals surface area contributed by atoms with Gasteiger partial charge in [0, 0.05) is 16.7 Å². The summed E-state index contributed by atoms with van der Waals surface area (Å²) in [5.41, 5.74) is -0.125. The fourth-order valence-corrected chi connectivity index (χ4v) is 1.86. The number of nitrogens with zero attached hydrogens (tertiary/aromatic N) is 3. The van der Waals surface area contributed by atoms with Gasteiger partial charge < -0.3 is 0 Å². The fraction of sp³-hybridized carbons (Fsp3) is 0. The van der Waals surface area contributed by atoms with Crippen LogP contribution in [0.1, 0.15) is 0 Å². The van der Waals surface area contributed by atoms with E-state index >= 15 is 0 Å². The van der Waals surface area contributed by atoms with E-state index in [0.717, 1.165) is 0 Å². The van der Waals surface area contributed by atoms with Gasteiger partial charge in [-0.3, -0.25) is 10.1 Å². The van der Waals surface area contributed by atoms with Crippen molar-refractivity contribution in [2.75, 3.05) is 0 Å². The van der Waals surface area contributed by atoms with Crippen molar-refractivity contribution in [3.05, 3.63) is 34.4 Å². The number of H-pyrrole nitrogens is 1. The second-order valence-corrected chi connectivity index (χ2v) is 5.66. The number of nitro benzene ring substituents is 1. The summed E-state index contributed by atoms with van der Waals surface area (Å²) in [6.45, 7) is 0. The van der Waals surface area contributed by atoms with Crippen molar-refractivity contribution in [3.8, 4) is 11.4 Å². The number of aromatic amines is 1. The highest BCUT2D eigenvalue weighted by molar-refractivity contribution is 8.13. The Morgan fingerprint density at radius 3 is 2.56 bits per heavy atom. The van der Waals surface area contributed by atoms with Gasteiger partial charge in [0.2, 0.25) is 0 Å². The molecule has 2 rings (SSSR count). The number of nitrogens with one attached hydrogen (secondary N) is 1. The monoisotopic (exact) mass is 288 g/mol. The van der Waals surface area contributed by atoms with Crippen molar-refractivity contribution >= 4 is 25.4 Å². The molecule has 0 saturated heterocycles. The zero-order valence-electron chi connectivity index (χ0n) is 8.57. The first-order valence-corrected chi connectivity index (χ1v) is 6.81. The minimum Gasteiger partial charge on any atom is -0.258 e. The predicted octanol–water partition coefficient (Wildman–Crippen LogP) is 1.31. The number of aromatic nitrogens is 3. The van der Waals surface area contributed by atoms with Gasteiger partial charge in [0.1, 0.15) is 0 Å². The molecule has 0 saturated carbocycles. The lowest BCUT2D eigenvalue weighted by molar-refractivity contribution is -0.384. The molecule has 0 aliphatic rings. The molecule has 1 aromatic heterocycles. The van der Waals surface area contributed by atoms with Gasteiger partial charge in [0.05, 0.1) is 10.5 Å². The fourth-order valence-electron chi connectivity index (χ4n) is 1.30. The number of benzene rings is 1. The topological polar surface area (TPSA) is 119 Å². The van der Waals surface area contributed by atoms with E-state index in [1.54, 1.807) is 6.07 Å². The maximum atomic E-state index is 11.0. The largest absolute Gasteiger partial charge is 0.296 e. The van der Waals surface area contributed by atoms with Crippen LogP contribution < -0.4 is 0 Å². The van der Waals surface area contributed by atoms with E-state index < -0.39 is 19.1 Å². The van der Waals surface area contributed by atoms with Crippen LogP contribution in [0, 0.1) is 10.1 Å². The van der Waals surface area contributed by atoms with Crippen molar-refractivity contribution in [1.82, 2.24) is 15.2 Å². The molecule has 0 amide bonds. The minimum atomic E-state index is -4.05. The minimum absolute atomic E-state index is 0.102.